The van der Waals surface area contributed by atoms with Gasteiger partial charge in [-0.1, -0.05) is 0 Å². The molecule has 1 aromatic heterocycles. The number of likely N-dealkylation sites (tertiary alicyclic amines) is 1. The number of rotatable bonds is 5. The molecule has 0 aliphatic carbocycles. The van der Waals surface area contributed by atoms with Gasteiger partial charge in [0.2, 0.25) is 0 Å². The minimum Gasteiger partial charge on any atom is -0.387 e. The molecule has 2 atom stereocenters. The molecule has 2 heterocycles. The summed E-state index contributed by atoms with van der Waals surface area (Å²) < 4.78 is 18.1. The molecule has 0 bridgehead atoms. The van der Waals surface area contributed by atoms with E-state index in [9.17, 15) is 9.50 Å². The molecular weight excluding hydrogens is 247 g/mol. The van der Waals surface area contributed by atoms with Crippen molar-refractivity contribution in [2.24, 2.45) is 0 Å². The Kier molecular flexibility index (Phi) is 5.24. The van der Waals surface area contributed by atoms with Crippen LogP contribution in [-0.4, -0.2) is 47.8 Å². The summed E-state index contributed by atoms with van der Waals surface area (Å²) in [6.07, 6.45) is 3.65. The van der Waals surface area contributed by atoms with Crippen LogP contribution in [0.3, 0.4) is 0 Å². The number of hydrogen-bond acceptors (Lipinski definition) is 4. The van der Waals surface area contributed by atoms with Crippen LogP contribution in [-0.2, 0) is 4.74 Å². The number of piperidine rings is 1. The molecule has 19 heavy (non-hydrogen) atoms. The van der Waals surface area contributed by atoms with Crippen LogP contribution in [0.2, 0.25) is 0 Å². The maximum Gasteiger partial charge on any atom is 0.141 e. The fourth-order valence-electron chi connectivity index (χ4n) is 2.45. The Hall–Kier alpha value is -1.04. The van der Waals surface area contributed by atoms with Gasteiger partial charge in [0.05, 0.1) is 24.1 Å². The first-order valence-electron chi connectivity index (χ1n) is 6.73. The lowest BCUT2D eigenvalue weighted by Crippen LogP contribution is -2.40. The molecule has 4 nitrogen and oxygen atoms in total. The first-order chi connectivity index (χ1) is 9.19. The zero-order valence-corrected chi connectivity index (χ0v) is 11.3. The molecule has 5 heteroatoms. The van der Waals surface area contributed by atoms with Crippen molar-refractivity contribution in [2.75, 3.05) is 26.7 Å². The number of aliphatic hydroxyl groups is 1. The monoisotopic (exact) mass is 268 g/mol. The quantitative estimate of drug-likeness (QED) is 0.884. The second-order valence-corrected chi connectivity index (χ2v) is 5.01. The third-order valence-electron chi connectivity index (χ3n) is 3.61. The highest BCUT2D eigenvalue weighted by molar-refractivity contribution is 5.07. The molecule has 2 unspecified atom stereocenters. The molecule has 2 rings (SSSR count). The molecule has 1 aromatic rings. The predicted octanol–water partition coefficient (Wildman–Crippen LogP) is 1.75. The number of pyridine rings is 1. The Balaban J connectivity index is 1.79. The van der Waals surface area contributed by atoms with E-state index in [1.165, 1.54) is 12.1 Å². The summed E-state index contributed by atoms with van der Waals surface area (Å²) in [7, 11) is 1.74. The third-order valence-corrected chi connectivity index (χ3v) is 3.61. The van der Waals surface area contributed by atoms with Gasteiger partial charge in [0.1, 0.15) is 5.82 Å². The molecule has 0 saturated carbocycles. The standard InChI is InChI=1S/C14H21FN2O2/c1-19-12-3-2-7-17(10-12)8-6-14(18)13-5-4-11(15)9-16-13/h4-5,9,12,14,18H,2-3,6-8,10H2,1H3. The normalized spacial score (nSPS) is 22.4. The average Bonchev–Trinajstić information content (AvgIpc) is 2.46. The van der Waals surface area contributed by atoms with E-state index in [0.29, 0.717) is 18.2 Å². The van der Waals surface area contributed by atoms with Gasteiger partial charge in [0.25, 0.3) is 0 Å². The zero-order chi connectivity index (χ0) is 13.7. The largest absolute Gasteiger partial charge is 0.387 e. The van der Waals surface area contributed by atoms with E-state index >= 15 is 0 Å². The summed E-state index contributed by atoms with van der Waals surface area (Å²) in [5.74, 6) is -0.380. The summed E-state index contributed by atoms with van der Waals surface area (Å²) in [5.41, 5.74) is 0.529. The fourth-order valence-corrected chi connectivity index (χ4v) is 2.45. The summed E-state index contributed by atoms with van der Waals surface area (Å²) >= 11 is 0. The van der Waals surface area contributed by atoms with Crippen molar-refractivity contribution < 1.29 is 14.2 Å². The highest BCUT2D eigenvalue weighted by atomic mass is 19.1. The van der Waals surface area contributed by atoms with Crippen LogP contribution in [0, 0.1) is 5.82 Å². The number of aliphatic hydroxyl groups excluding tert-OH is 1. The second kappa shape index (κ2) is 6.93. The van der Waals surface area contributed by atoms with Crippen LogP contribution in [0.5, 0.6) is 0 Å². The smallest absolute Gasteiger partial charge is 0.141 e. The topological polar surface area (TPSA) is 45.6 Å². The van der Waals surface area contributed by atoms with E-state index in [1.54, 1.807) is 7.11 Å². The van der Waals surface area contributed by atoms with Crippen LogP contribution in [0.15, 0.2) is 18.3 Å². The van der Waals surface area contributed by atoms with Crippen LogP contribution in [0.1, 0.15) is 31.1 Å². The van der Waals surface area contributed by atoms with Crippen molar-refractivity contribution in [2.45, 2.75) is 31.5 Å². The highest BCUT2D eigenvalue weighted by Crippen LogP contribution is 2.17. The van der Waals surface area contributed by atoms with E-state index < -0.39 is 6.10 Å². The summed E-state index contributed by atoms with van der Waals surface area (Å²) in [6.45, 7) is 2.77. The molecule has 1 aliphatic rings. The van der Waals surface area contributed by atoms with Crippen molar-refractivity contribution in [1.29, 1.82) is 0 Å². The molecule has 1 saturated heterocycles. The number of methoxy groups -OCH3 is 1. The third kappa shape index (κ3) is 4.23. The lowest BCUT2D eigenvalue weighted by Gasteiger charge is -2.32. The van der Waals surface area contributed by atoms with Crippen molar-refractivity contribution in [1.82, 2.24) is 9.88 Å². The molecule has 0 spiro atoms. The van der Waals surface area contributed by atoms with Gasteiger partial charge in [-0.25, -0.2) is 4.39 Å². The van der Waals surface area contributed by atoms with Crippen LogP contribution in [0.4, 0.5) is 4.39 Å². The number of hydrogen-bond donors (Lipinski definition) is 1. The molecule has 1 fully saturated rings. The summed E-state index contributed by atoms with van der Waals surface area (Å²) in [6, 6.07) is 2.86. The molecule has 1 N–H and O–H groups in total. The Labute approximate surface area is 113 Å². The highest BCUT2D eigenvalue weighted by Gasteiger charge is 2.20. The van der Waals surface area contributed by atoms with Gasteiger partial charge in [-0.2, -0.15) is 0 Å². The van der Waals surface area contributed by atoms with Crippen molar-refractivity contribution in [3.8, 4) is 0 Å². The first-order valence-corrected chi connectivity index (χ1v) is 6.73. The number of ether oxygens (including phenoxy) is 1. The zero-order valence-electron chi connectivity index (χ0n) is 11.3. The van der Waals surface area contributed by atoms with Gasteiger partial charge in [-0.05, 0) is 37.9 Å². The molecule has 106 valence electrons. The Bertz CT molecular complexity index is 386. The minimum absolute atomic E-state index is 0.301. The Morgan fingerprint density at radius 1 is 1.58 bits per heavy atom. The Morgan fingerprint density at radius 2 is 2.42 bits per heavy atom. The lowest BCUT2D eigenvalue weighted by molar-refractivity contribution is 0.0253. The lowest BCUT2D eigenvalue weighted by atomic mass is 10.1. The van der Waals surface area contributed by atoms with E-state index in [-0.39, 0.29) is 5.82 Å². The molecule has 1 aliphatic heterocycles. The predicted molar refractivity (Wildman–Crippen MR) is 70.2 cm³/mol. The average molecular weight is 268 g/mol. The van der Waals surface area contributed by atoms with Gasteiger partial charge in [0.15, 0.2) is 0 Å². The fraction of sp³-hybridized carbons (Fsp3) is 0.643. The Morgan fingerprint density at radius 3 is 3.11 bits per heavy atom. The van der Waals surface area contributed by atoms with E-state index in [0.717, 1.165) is 38.7 Å². The molecule has 0 radical (unpaired) electrons. The van der Waals surface area contributed by atoms with Crippen LogP contribution < -0.4 is 0 Å². The maximum atomic E-state index is 12.7. The number of halogens is 1. The van der Waals surface area contributed by atoms with Crippen molar-refractivity contribution in [3.05, 3.63) is 29.8 Å². The molecule has 0 aromatic carbocycles. The van der Waals surface area contributed by atoms with Gasteiger partial charge in [0, 0.05) is 20.2 Å². The van der Waals surface area contributed by atoms with Gasteiger partial charge in [-0.3, -0.25) is 4.98 Å². The van der Waals surface area contributed by atoms with E-state index in [1.807, 2.05) is 0 Å². The van der Waals surface area contributed by atoms with E-state index in [4.69, 9.17) is 4.74 Å². The van der Waals surface area contributed by atoms with Crippen LogP contribution in [0.25, 0.3) is 0 Å². The van der Waals surface area contributed by atoms with E-state index in [2.05, 4.69) is 9.88 Å². The van der Waals surface area contributed by atoms with Gasteiger partial charge >= 0.3 is 0 Å². The van der Waals surface area contributed by atoms with Crippen molar-refractivity contribution >= 4 is 0 Å². The van der Waals surface area contributed by atoms with Crippen LogP contribution >= 0.6 is 0 Å². The number of aromatic nitrogens is 1. The van der Waals surface area contributed by atoms with Gasteiger partial charge in [-0.15, -0.1) is 0 Å². The maximum absolute atomic E-state index is 12.7. The second-order valence-electron chi connectivity index (χ2n) is 5.01. The SMILES string of the molecule is COC1CCCN(CCC(O)c2ccc(F)cn2)C1. The summed E-state index contributed by atoms with van der Waals surface area (Å²) in [5, 5.41) is 10.0. The van der Waals surface area contributed by atoms with Gasteiger partial charge < -0.3 is 14.7 Å². The minimum atomic E-state index is -0.636. The van der Waals surface area contributed by atoms with Crippen molar-refractivity contribution in [3.63, 3.8) is 0 Å². The number of nitrogens with zero attached hydrogens (tertiary/aromatic N) is 2. The summed E-state index contributed by atoms with van der Waals surface area (Å²) in [4.78, 5) is 6.20. The molecule has 0 amide bonds. The molecular formula is C14H21FN2O2. The first kappa shape index (κ1) is 14.4.